The van der Waals surface area contributed by atoms with E-state index < -0.39 is 0 Å². The molecule has 2 atom stereocenters. The minimum absolute atomic E-state index is 0.0355. The number of hydrogen-bond donors (Lipinski definition) is 2. The van der Waals surface area contributed by atoms with Gasteiger partial charge in [-0.1, -0.05) is 133 Å². The van der Waals surface area contributed by atoms with E-state index in [1.807, 2.05) is 0 Å². The molecule has 0 saturated heterocycles. The molecule has 0 aromatic heterocycles. The summed E-state index contributed by atoms with van der Waals surface area (Å²) in [6.45, 7) is 27.2. The fraction of sp³-hybridized carbons (Fsp3) is 0.700. The van der Waals surface area contributed by atoms with Crippen LogP contribution in [0.2, 0.25) is 0 Å². The molecule has 0 bridgehead atoms. The number of rotatable bonds is 8. The highest BCUT2D eigenvalue weighted by molar-refractivity contribution is 8.03. The molecule has 1 aliphatic rings. The second-order valence-electron chi connectivity index (χ2n) is 18.0. The Morgan fingerprint density at radius 1 is 0.523 bits per heavy atom. The van der Waals surface area contributed by atoms with Crippen LogP contribution < -0.4 is 0 Å². The Bertz CT molecular complexity index is 1140. The van der Waals surface area contributed by atoms with Crippen molar-refractivity contribution in [1.82, 2.24) is 0 Å². The predicted molar refractivity (Wildman–Crippen MR) is 198 cm³/mol. The second-order valence-corrected chi connectivity index (χ2v) is 20.4. The van der Waals surface area contributed by atoms with E-state index in [-0.39, 0.29) is 21.7 Å². The van der Waals surface area contributed by atoms with Crippen molar-refractivity contribution >= 4 is 23.5 Å². The summed E-state index contributed by atoms with van der Waals surface area (Å²) >= 11 is 4.11. The number of aromatic hydroxyl groups is 2. The molecule has 0 heterocycles. The normalized spacial score (nSPS) is 19.1. The van der Waals surface area contributed by atoms with Gasteiger partial charge in [-0.25, -0.2) is 0 Å². The van der Waals surface area contributed by atoms with Crippen molar-refractivity contribution in [2.75, 3.05) is 0 Å². The fourth-order valence-electron chi connectivity index (χ4n) is 6.21. The lowest BCUT2D eigenvalue weighted by Crippen LogP contribution is -2.23. The van der Waals surface area contributed by atoms with Crippen molar-refractivity contribution < 1.29 is 10.2 Å². The molecular weight excluding hydrogens is 577 g/mol. The Kier molecular flexibility index (Phi) is 12.4. The van der Waals surface area contributed by atoms with Crippen molar-refractivity contribution in [3.8, 4) is 11.5 Å². The first-order valence-corrected chi connectivity index (χ1v) is 19.2. The molecular formula is C40H64O2S2. The van der Waals surface area contributed by atoms with Crippen LogP contribution in [0.1, 0.15) is 155 Å². The third-order valence-electron chi connectivity index (χ3n) is 8.76. The fourth-order valence-corrected chi connectivity index (χ4v) is 9.28. The van der Waals surface area contributed by atoms with Crippen LogP contribution in [-0.2, 0) is 35.2 Å². The molecule has 2 nitrogen and oxygen atoms in total. The molecule has 0 radical (unpaired) electrons. The predicted octanol–water partition coefficient (Wildman–Crippen LogP) is 12.1. The molecule has 1 aliphatic carbocycles. The molecule has 248 valence electrons. The molecule has 2 aromatic carbocycles. The van der Waals surface area contributed by atoms with Crippen molar-refractivity contribution in [1.29, 1.82) is 0 Å². The van der Waals surface area contributed by atoms with Crippen LogP contribution in [-0.4, -0.2) is 20.7 Å². The highest BCUT2D eigenvalue weighted by Gasteiger charge is 2.28. The first-order valence-electron chi connectivity index (χ1n) is 17.1. The van der Waals surface area contributed by atoms with Gasteiger partial charge >= 0.3 is 0 Å². The third kappa shape index (κ3) is 11.2. The van der Waals surface area contributed by atoms with Crippen molar-refractivity contribution in [3.63, 3.8) is 0 Å². The van der Waals surface area contributed by atoms with Crippen molar-refractivity contribution in [2.45, 2.75) is 167 Å². The minimum Gasteiger partial charge on any atom is -0.507 e. The standard InChI is InChI=1S/C40H64O2S2/c1-37(2,3)23-27-19-31(39(7,8)9)21-29(35(27)41)25-43-33-17-15-13-14-16-18-34(33)44-26-30-22-32(40(10,11)12)20-28(36(30)42)24-38(4,5)6/h19-22,33-34,41-42H,13-18,23-26H2,1-12H3/t33-,34?/m0/s1. The molecule has 3 rings (SSSR count). The summed E-state index contributed by atoms with van der Waals surface area (Å²) < 4.78 is 0. The van der Waals surface area contributed by atoms with E-state index in [2.05, 4.69) is 131 Å². The van der Waals surface area contributed by atoms with Gasteiger partial charge in [0.1, 0.15) is 11.5 Å². The Hall–Kier alpha value is -1.26. The van der Waals surface area contributed by atoms with Gasteiger partial charge in [0.05, 0.1) is 0 Å². The lowest BCUT2D eigenvalue weighted by molar-refractivity contribution is 0.392. The molecule has 1 unspecified atom stereocenters. The monoisotopic (exact) mass is 640 g/mol. The van der Waals surface area contributed by atoms with Gasteiger partial charge in [-0.15, -0.1) is 0 Å². The molecule has 0 spiro atoms. The average molecular weight is 641 g/mol. The van der Waals surface area contributed by atoms with Crippen LogP contribution in [0.3, 0.4) is 0 Å². The van der Waals surface area contributed by atoms with Gasteiger partial charge < -0.3 is 10.2 Å². The summed E-state index contributed by atoms with van der Waals surface area (Å²) in [5, 5.41) is 24.0. The minimum atomic E-state index is 0.0355. The zero-order chi connectivity index (χ0) is 33.1. The third-order valence-corrected chi connectivity index (χ3v) is 11.9. The highest BCUT2D eigenvalue weighted by Crippen LogP contribution is 2.43. The highest BCUT2D eigenvalue weighted by atomic mass is 32.2. The summed E-state index contributed by atoms with van der Waals surface area (Å²) in [6.07, 6.45) is 9.38. The van der Waals surface area contributed by atoms with E-state index in [9.17, 15) is 10.2 Å². The van der Waals surface area contributed by atoms with Crippen molar-refractivity contribution in [2.24, 2.45) is 10.8 Å². The SMILES string of the molecule is CC(C)(C)Cc1cc(C(C)(C)C)cc(CSC2CCCCCC[C@@H]2SCc2cc(C(C)(C)C)cc(CC(C)(C)C)c2O)c1O. The molecule has 0 amide bonds. The molecule has 1 fully saturated rings. The maximum absolute atomic E-state index is 11.5. The van der Waals surface area contributed by atoms with Crippen LogP contribution in [0.5, 0.6) is 11.5 Å². The molecule has 0 aliphatic heterocycles. The summed E-state index contributed by atoms with van der Waals surface area (Å²) in [6, 6.07) is 9.03. The number of benzene rings is 2. The van der Waals surface area contributed by atoms with Crippen LogP contribution in [0, 0.1) is 10.8 Å². The van der Waals surface area contributed by atoms with Gasteiger partial charge in [-0.3, -0.25) is 0 Å². The van der Waals surface area contributed by atoms with Gasteiger partial charge in [0.15, 0.2) is 0 Å². The van der Waals surface area contributed by atoms with E-state index in [0.29, 0.717) is 22.0 Å². The lowest BCUT2D eigenvalue weighted by atomic mass is 9.81. The summed E-state index contributed by atoms with van der Waals surface area (Å²) in [5.74, 6) is 2.70. The topological polar surface area (TPSA) is 40.5 Å². The van der Waals surface area contributed by atoms with Crippen LogP contribution in [0.4, 0.5) is 0 Å². The van der Waals surface area contributed by atoms with Gasteiger partial charge in [-0.2, -0.15) is 23.5 Å². The van der Waals surface area contributed by atoms with E-state index in [4.69, 9.17) is 0 Å². The first-order chi connectivity index (χ1) is 20.1. The quantitative estimate of drug-likeness (QED) is 0.301. The maximum Gasteiger partial charge on any atom is 0.122 e. The van der Waals surface area contributed by atoms with Crippen LogP contribution in [0.25, 0.3) is 0 Å². The molecule has 1 saturated carbocycles. The van der Waals surface area contributed by atoms with Crippen molar-refractivity contribution in [3.05, 3.63) is 57.6 Å². The second kappa shape index (κ2) is 14.7. The number of thioether (sulfide) groups is 2. The molecule has 2 N–H and O–H groups in total. The molecule has 44 heavy (non-hydrogen) atoms. The Morgan fingerprint density at radius 2 is 0.841 bits per heavy atom. The Morgan fingerprint density at radius 3 is 1.14 bits per heavy atom. The molecule has 2 aromatic rings. The van der Waals surface area contributed by atoms with E-state index in [1.54, 1.807) is 0 Å². The summed E-state index contributed by atoms with van der Waals surface area (Å²) in [7, 11) is 0. The number of phenolic OH excluding ortho intramolecular Hbond substituents is 2. The maximum atomic E-state index is 11.5. The summed E-state index contributed by atoms with van der Waals surface area (Å²) in [5.41, 5.74) is 7.29. The van der Waals surface area contributed by atoms with Gasteiger partial charge in [0, 0.05) is 33.1 Å². The smallest absolute Gasteiger partial charge is 0.122 e. The van der Waals surface area contributed by atoms with Gasteiger partial charge in [0.2, 0.25) is 0 Å². The average Bonchev–Trinajstić information content (AvgIpc) is 2.84. The van der Waals surface area contributed by atoms with Crippen LogP contribution >= 0.6 is 23.5 Å². The first kappa shape index (κ1) is 37.2. The summed E-state index contributed by atoms with van der Waals surface area (Å²) in [4.78, 5) is 0. The molecule has 4 heteroatoms. The van der Waals surface area contributed by atoms with E-state index in [1.165, 1.54) is 49.7 Å². The van der Waals surface area contributed by atoms with E-state index >= 15 is 0 Å². The lowest BCUT2D eigenvalue weighted by Gasteiger charge is -2.30. The number of phenols is 2. The Balaban J connectivity index is 1.88. The van der Waals surface area contributed by atoms with Gasteiger partial charge in [0.25, 0.3) is 0 Å². The van der Waals surface area contributed by atoms with Gasteiger partial charge in [-0.05, 0) is 69.6 Å². The number of hydrogen-bond acceptors (Lipinski definition) is 4. The van der Waals surface area contributed by atoms with E-state index in [0.717, 1.165) is 46.6 Å². The van der Waals surface area contributed by atoms with Crippen LogP contribution in [0.15, 0.2) is 24.3 Å². The Labute approximate surface area is 280 Å². The largest absolute Gasteiger partial charge is 0.507 e. The zero-order valence-electron chi connectivity index (χ0n) is 30.2. The zero-order valence-corrected chi connectivity index (χ0v) is 31.9.